The van der Waals surface area contributed by atoms with Crippen molar-refractivity contribution in [1.29, 1.82) is 0 Å². The molecule has 0 aliphatic rings. The van der Waals surface area contributed by atoms with E-state index in [9.17, 15) is 9.59 Å². The van der Waals surface area contributed by atoms with Crippen LogP contribution in [-0.2, 0) is 13.6 Å². The summed E-state index contributed by atoms with van der Waals surface area (Å²) < 4.78 is 3.38. The highest BCUT2D eigenvalue weighted by atomic mass is 79.9. The van der Waals surface area contributed by atoms with E-state index >= 15 is 0 Å². The minimum atomic E-state index is -0.368. The summed E-state index contributed by atoms with van der Waals surface area (Å²) in [5.41, 5.74) is 0.0321. The van der Waals surface area contributed by atoms with Crippen LogP contribution < -0.4 is 5.56 Å². The van der Waals surface area contributed by atoms with Crippen molar-refractivity contribution in [1.82, 2.24) is 24.8 Å². The molecule has 3 rings (SSSR count). The average Bonchev–Trinajstić information content (AvgIpc) is 3.00. The van der Waals surface area contributed by atoms with Crippen LogP contribution in [0.15, 0.2) is 26.9 Å². The normalized spacial score (nSPS) is 11.1. The number of hydrogen-bond donors (Lipinski definition) is 0. The first-order valence-electron chi connectivity index (χ1n) is 5.60. The number of Topliss-reactive ketones (excluding diaryl/α,β-unsaturated/α-hetero) is 1. The van der Waals surface area contributed by atoms with E-state index in [2.05, 4.69) is 31.3 Å². The number of aryl methyl sites for hydroxylation is 1. The number of nitrogens with zero attached hydrogens (tertiary/aromatic N) is 5. The van der Waals surface area contributed by atoms with Crippen molar-refractivity contribution < 1.29 is 4.79 Å². The summed E-state index contributed by atoms with van der Waals surface area (Å²) in [6.45, 7) is -0.135. The van der Waals surface area contributed by atoms with Crippen LogP contribution in [0, 0.1) is 0 Å². The second kappa shape index (κ2) is 4.91. The number of rotatable bonds is 3. The van der Waals surface area contributed by atoms with E-state index in [4.69, 9.17) is 0 Å². The molecule has 0 amide bonds. The monoisotopic (exact) mass is 353 g/mol. The molecular formula is C11H8BrN5O2S. The zero-order chi connectivity index (χ0) is 14.3. The molecule has 0 saturated carbocycles. The lowest BCUT2D eigenvalue weighted by molar-refractivity contribution is 0.0968. The molecule has 7 nitrogen and oxygen atoms in total. The lowest BCUT2D eigenvalue weighted by Crippen LogP contribution is -2.27. The molecule has 0 atom stereocenters. The third kappa shape index (κ3) is 2.18. The van der Waals surface area contributed by atoms with Gasteiger partial charge in [-0.1, -0.05) is 5.21 Å². The third-order valence-electron chi connectivity index (χ3n) is 2.76. The van der Waals surface area contributed by atoms with Gasteiger partial charge in [0, 0.05) is 7.05 Å². The van der Waals surface area contributed by atoms with Gasteiger partial charge in [0.05, 0.1) is 14.9 Å². The maximum Gasteiger partial charge on any atom is 0.281 e. The molecule has 0 aliphatic carbocycles. The maximum atomic E-state index is 12.2. The van der Waals surface area contributed by atoms with E-state index < -0.39 is 0 Å². The van der Waals surface area contributed by atoms with Gasteiger partial charge in [0.1, 0.15) is 11.9 Å². The number of aromatic nitrogens is 5. The molecule has 0 N–H and O–H groups in total. The Morgan fingerprint density at radius 3 is 2.95 bits per heavy atom. The van der Waals surface area contributed by atoms with Crippen molar-refractivity contribution in [3.05, 3.63) is 37.3 Å². The number of ketones is 1. The Morgan fingerprint density at radius 2 is 2.25 bits per heavy atom. The van der Waals surface area contributed by atoms with Crippen LogP contribution in [0.4, 0.5) is 0 Å². The highest BCUT2D eigenvalue weighted by molar-refractivity contribution is 9.11. The van der Waals surface area contributed by atoms with Gasteiger partial charge >= 0.3 is 0 Å². The highest BCUT2D eigenvalue weighted by Crippen LogP contribution is 2.22. The van der Waals surface area contributed by atoms with Crippen molar-refractivity contribution in [3.8, 4) is 0 Å². The van der Waals surface area contributed by atoms with Gasteiger partial charge in [-0.15, -0.1) is 16.4 Å². The molecule has 20 heavy (non-hydrogen) atoms. The van der Waals surface area contributed by atoms with Crippen LogP contribution in [0.3, 0.4) is 0 Å². The minimum Gasteiger partial charge on any atom is -0.291 e. The van der Waals surface area contributed by atoms with E-state index in [-0.39, 0.29) is 17.9 Å². The van der Waals surface area contributed by atoms with Gasteiger partial charge in [0.25, 0.3) is 5.56 Å². The number of carbonyl (C=O) groups excluding carboxylic acids is 1. The quantitative estimate of drug-likeness (QED) is 0.661. The van der Waals surface area contributed by atoms with Crippen LogP contribution in [-0.4, -0.2) is 30.6 Å². The largest absolute Gasteiger partial charge is 0.291 e. The topological polar surface area (TPSA) is 82.7 Å². The fourth-order valence-electron chi connectivity index (χ4n) is 1.76. The van der Waals surface area contributed by atoms with Gasteiger partial charge in [-0.25, -0.2) is 9.36 Å². The van der Waals surface area contributed by atoms with E-state index in [0.717, 1.165) is 8.47 Å². The zero-order valence-electron chi connectivity index (χ0n) is 10.3. The summed E-state index contributed by atoms with van der Waals surface area (Å²) >= 11 is 4.61. The highest BCUT2D eigenvalue weighted by Gasteiger charge is 2.14. The van der Waals surface area contributed by atoms with Crippen molar-refractivity contribution in [2.45, 2.75) is 6.54 Å². The van der Waals surface area contributed by atoms with Gasteiger partial charge in [-0.05, 0) is 28.1 Å². The predicted octanol–water partition coefficient (Wildman–Crippen LogP) is 1.23. The number of hydrogen-bond acceptors (Lipinski definition) is 6. The molecule has 0 aromatic carbocycles. The summed E-state index contributed by atoms with van der Waals surface area (Å²) in [6.07, 6.45) is 1.43. The molecule has 0 radical (unpaired) electrons. The summed E-state index contributed by atoms with van der Waals surface area (Å²) in [4.78, 5) is 24.8. The molecule has 102 valence electrons. The summed E-state index contributed by atoms with van der Waals surface area (Å²) in [5.74, 6) is -0.180. The van der Waals surface area contributed by atoms with Gasteiger partial charge in [0.15, 0.2) is 11.4 Å². The predicted molar refractivity (Wildman–Crippen MR) is 76.9 cm³/mol. The van der Waals surface area contributed by atoms with Crippen LogP contribution >= 0.6 is 27.3 Å². The van der Waals surface area contributed by atoms with Gasteiger partial charge in [-0.2, -0.15) is 5.10 Å². The molecule has 3 aromatic rings. The second-order valence-corrected chi connectivity index (χ2v) is 6.55. The SMILES string of the molecule is Cn1ncc2c(=O)n(CC(=O)c3ccc(Br)s3)nnc21. The van der Waals surface area contributed by atoms with Crippen LogP contribution in [0.5, 0.6) is 0 Å². The van der Waals surface area contributed by atoms with Gasteiger partial charge in [0.2, 0.25) is 0 Å². The van der Waals surface area contributed by atoms with Crippen molar-refractivity contribution in [2.75, 3.05) is 0 Å². The Hall–Kier alpha value is -1.87. The Kier molecular flexibility index (Phi) is 3.22. The summed E-state index contributed by atoms with van der Waals surface area (Å²) in [5, 5.41) is 12.0. The minimum absolute atomic E-state index is 0.135. The summed E-state index contributed by atoms with van der Waals surface area (Å²) in [7, 11) is 1.68. The molecule has 0 bridgehead atoms. The van der Waals surface area contributed by atoms with Crippen molar-refractivity contribution in [2.24, 2.45) is 7.05 Å². The molecule has 3 heterocycles. The number of carbonyl (C=O) groups is 1. The molecule has 0 fully saturated rings. The summed E-state index contributed by atoms with van der Waals surface area (Å²) in [6, 6.07) is 3.49. The first kappa shape index (κ1) is 13.1. The van der Waals surface area contributed by atoms with Crippen LogP contribution in [0.1, 0.15) is 9.67 Å². The first-order valence-corrected chi connectivity index (χ1v) is 7.21. The fourth-order valence-corrected chi connectivity index (χ4v) is 3.07. The van der Waals surface area contributed by atoms with Crippen molar-refractivity contribution >= 4 is 44.1 Å². The molecule has 3 aromatic heterocycles. The molecular weight excluding hydrogens is 346 g/mol. The average molecular weight is 354 g/mol. The molecule has 0 unspecified atom stereocenters. The van der Waals surface area contributed by atoms with E-state index in [1.54, 1.807) is 19.2 Å². The van der Waals surface area contributed by atoms with Gasteiger partial charge in [-0.3, -0.25) is 9.59 Å². The Balaban J connectivity index is 1.97. The number of fused-ring (bicyclic) bond motifs is 1. The first-order chi connectivity index (χ1) is 9.56. The maximum absolute atomic E-state index is 12.2. The van der Waals surface area contributed by atoms with E-state index in [0.29, 0.717) is 15.9 Å². The Bertz CT molecular complexity index is 865. The van der Waals surface area contributed by atoms with E-state index in [1.807, 2.05) is 0 Å². The Morgan fingerprint density at radius 1 is 1.45 bits per heavy atom. The molecule has 0 spiro atoms. The molecule has 0 saturated heterocycles. The van der Waals surface area contributed by atoms with Crippen LogP contribution in [0.2, 0.25) is 0 Å². The molecule has 0 aliphatic heterocycles. The third-order valence-corrected chi connectivity index (χ3v) is 4.43. The molecule has 9 heteroatoms. The number of halogens is 1. The van der Waals surface area contributed by atoms with Crippen LogP contribution in [0.25, 0.3) is 11.0 Å². The number of thiophene rings is 1. The fraction of sp³-hybridized carbons (Fsp3) is 0.182. The lowest BCUT2D eigenvalue weighted by Gasteiger charge is -2.01. The lowest BCUT2D eigenvalue weighted by atomic mass is 10.3. The second-order valence-electron chi connectivity index (χ2n) is 4.08. The standard InChI is InChI=1S/C11H8BrN5O2S/c1-16-10-6(4-13-16)11(19)17(15-14-10)5-7(18)8-2-3-9(12)20-8/h2-4H,5H2,1H3. The van der Waals surface area contributed by atoms with Crippen molar-refractivity contribution in [3.63, 3.8) is 0 Å². The zero-order valence-corrected chi connectivity index (χ0v) is 12.7. The van der Waals surface area contributed by atoms with Gasteiger partial charge < -0.3 is 0 Å². The smallest absolute Gasteiger partial charge is 0.281 e. The van der Waals surface area contributed by atoms with E-state index in [1.165, 1.54) is 22.2 Å². The Labute approximate surface area is 125 Å².